The fraction of sp³-hybridized carbons (Fsp3) is 0.842. The van der Waals surface area contributed by atoms with Crippen LogP contribution in [0.4, 0.5) is 14.4 Å². The number of carbonyl (C=O) groups is 3. The van der Waals surface area contributed by atoms with Crippen molar-refractivity contribution in [2.24, 2.45) is 5.92 Å². The number of hydrogen-bond acceptors (Lipinski definition) is 7. The third-order valence-electron chi connectivity index (χ3n) is 6.83. The molecule has 6 unspecified atom stereocenters. The molecule has 1 aliphatic carbocycles. The van der Waals surface area contributed by atoms with Crippen LogP contribution in [0.2, 0.25) is 0 Å². The lowest BCUT2D eigenvalue weighted by atomic mass is 9.88. The predicted molar refractivity (Wildman–Crippen MR) is 94.8 cm³/mol. The molecular weight excluding hydrogens is 382 g/mol. The molecule has 6 rings (SSSR count). The number of rotatable bonds is 8. The van der Waals surface area contributed by atoms with Crippen molar-refractivity contribution < 1.29 is 37.8 Å². The van der Waals surface area contributed by atoms with E-state index < -0.39 is 18.1 Å². The highest BCUT2D eigenvalue weighted by Gasteiger charge is 2.62. The van der Waals surface area contributed by atoms with E-state index in [2.05, 4.69) is 0 Å². The lowest BCUT2D eigenvalue weighted by Crippen LogP contribution is -2.75. The van der Waals surface area contributed by atoms with Crippen LogP contribution in [0, 0.1) is 5.92 Å². The third kappa shape index (κ3) is 3.36. The number of ether oxygens (including phenoxy) is 4. The Labute approximate surface area is 168 Å². The molecule has 6 amide bonds. The smallest absolute Gasteiger partial charge is 0.371 e. The number of hydrogen-bond donors (Lipinski definition) is 0. The summed E-state index contributed by atoms with van der Waals surface area (Å²) in [7, 11) is 0. The minimum atomic E-state index is -0.550. The molecule has 5 aliphatic heterocycles. The van der Waals surface area contributed by atoms with E-state index in [9.17, 15) is 14.4 Å². The van der Waals surface area contributed by atoms with Crippen molar-refractivity contribution in [3.05, 3.63) is 0 Å². The summed E-state index contributed by atoms with van der Waals surface area (Å²) in [5.74, 6) is 0.205. The number of nitrogens with zero attached hydrogens (tertiary/aromatic N) is 3. The average molecular weight is 408 g/mol. The summed E-state index contributed by atoms with van der Waals surface area (Å²) in [6.45, 7) is 2.66. The van der Waals surface area contributed by atoms with Gasteiger partial charge in [0.1, 0.15) is 12.6 Å². The predicted octanol–water partition coefficient (Wildman–Crippen LogP) is 0.545. The molecule has 0 aromatic heterocycles. The zero-order chi connectivity index (χ0) is 19.8. The molecule has 5 heterocycles. The second-order valence-electron chi connectivity index (χ2n) is 9.16. The summed E-state index contributed by atoms with van der Waals surface area (Å²) in [6, 6.07) is -1.42. The number of imide groups is 3. The van der Waals surface area contributed by atoms with E-state index in [0.717, 1.165) is 19.3 Å². The van der Waals surface area contributed by atoms with E-state index >= 15 is 0 Å². The minimum absolute atomic E-state index is 0.123. The van der Waals surface area contributed by atoms with Crippen LogP contribution in [0.1, 0.15) is 19.3 Å². The monoisotopic (exact) mass is 408 g/mol. The number of fused-ring (bicyclic) bond motifs is 1. The standard InChI is InChI=1S/C19H26N3O7/c23-17-20(4-12-8-26-12)18(24)22(7-14-10-28-14,19(25)21(17)5-13-9-27-13)6-11-1-2-15-16(3-11)29-15/h11-16H,1-10H2/q+1. The van der Waals surface area contributed by atoms with Crippen LogP contribution in [-0.2, 0) is 18.9 Å². The van der Waals surface area contributed by atoms with Crippen molar-refractivity contribution in [2.45, 2.75) is 49.8 Å². The molecule has 6 fully saturated rings. The van der Waals surface area contributed by atoms with E-state index in [-0.39, 0.29) is 54.5 Å². The summed E-state index contributed by atoms with van der Waals surface area (Å²) < 4.78 is 21.2. The highest BCUT2D eigenvalue weighted by atomic mass is 16.6. The first-order valence-electron chi connectivity index (χ1n) is 10.6. The number of carbonyl (C=O) groups excluding carboxylic acids is 3. The van der Waals surface area contributed by atoms with Gasteiger partial charge in [0, 0.05) is 5.92 Å². The molecule has 0 radical (unpaired) electrons. The normalized spacial score (nSPS) is 45.3. The van der Waals surface area contributed by atoms with Crippen molar-refractivity contribution >= 4 is 18.1 Å². The Morgan fingerprint density at radius 2 is 1.38 bits per heavy atom. The Hall–Kier alpha value is -1.59. The molecule has 0 aromatic carbocycles. The number of urea groups is 3. The molecule has 10 heteroatoms. The van der Waals surface area contributed by atoms with Gasteiger partial charge in [-0.3, -0.25) is 0 Å². The largest absolute Gasteiger partial charge is 0.436 e. The van der Waals surface area contributed by atoms with Gasteiger partial charge in [0.2, 0.25) is 0 Å². The van der Waals surface area contributed by atoms with E-state index in [1.165, 1.54) is 9.80 Å². The van der Waals surface area contributed by atoms with E-state index in [1.807, 2.05) is 0 Å². The summed E-state index contributed by atoms with van der Waals surface area (Å²) in [5, 5.41) is 0. The lowest BCUT2D eigenvalue weighted by molar-refractivity contribution is -0.783. The van der Waals surface area contributed by atoms with Gasteiger partial charge in [-0.2, -0.15) is 4.48 Å². The van der Waals surface area contributed by atoms with Crippen molar-refractivity contribution in [1.82, 2.24) is 9.80 Å². The van der Waals surface area contributed by atoms with E-state index in [4.69, 9.17) is 18.9 Å². The fourth-order valence-electron chi connectivity index (χ4n) is 4.92. The van der Waals surface area contributed by atoms with Gasteiger partial charge in [-0.05, 0) is 19.3 Å². The van der Waals surface area contributed by atoms with Crippen LogP contribution in [0.5, 0.6) is 0 Å². The molecule has 29 heavy (non-hydrogen) atoms. The minimum Gasteiger partial charge on any atom is -0.371 e. The van der Waals surface area contributed by atoms with Crippen LogP contribution in [0.3, 0.4) is 0 Å². The molecule has 5 saturated heterocycles. The number of epoxide rings is 4. The molecule has 6 atom stereocenters. The molecule has 0 spiro atoms. The maximum absolute atomic E-state index is 13.7. The highest BCUT2D eigenvalue weighted by Crippen LogP contribution is 2.42. The summed E-state index contributed by atoms with van der Waals surface area (Å²) >= 11 is 0. The van der Waals surface area contributed by atoms with Crippen LogP contribution < -0.4 is 0 Å². The van der Waals surface area contributed by atoms with Gasteiger partial charge >= 0.3 is 18.1 Å². The van der Waals surface area contributed by atoms with Gasteiger partial charge in [-0.25, -0.2) is 24.2 Å². The van der Waals surface area contributed by atoms with E-state index in [0.29, 0.717) is 32.5 Å². The van der Waals surface area contributed by atoms with Crippen LogP contribution in [-0.4, -0.2) is 109 Å². The maximum Gasteiger partial charge on any atom is 0.436 e. The molecule has 10 nitrogen and oxygen atoms in total. The Morgan fingerprint density at radius 3 is 1.90 bits per heavy atom. The van der Waals surface area contributed by atoms with Crippen LogP contribution >= 0.6 is 0 Å². The molecule has 6 aliphatic rings. The molecule has 158 valence electrons. The Kier molecular flexibility index (Phi) is 4.05. The summed E-state index contributed by atoms with van der Waals surface area (Å²) in [4.78, 5) is 42.8. The average Bonchev–Trinajstić information content (AvgIpc) is 3.52. The van der Waals surface area contributed by atoms with Gasteiger partial charge in [0.05, 0.1) is 63.9 Å². The number of quaternary nitrogens is 1. The second kappa shape index (κ2) is 6.45. The first kappa shape index (κ1) is 18.2. The molecule has 1 saturated carbocycles. The maximum atomic E-state index is 13.7. The molecule has 0 aromatic rings. The molecule has 0 bridgehead atoms. The summed E-state index contributed by atoms with van der Waals surface area (Å²) in [5.41, 5.74) is 0. The highest BCUT2D eigenvalue weighted by molar-refractivity contribution is 6.06. The van der Waals surface area contributed by atoms with Crippen LogP contribution in [0.15, 0.2) is 0 Å². The molecule has 0 N–H and O–H groups in total. The van der Waals surface area contributed by atoms with Gasteiger partial charge < -0.3 is 18.9 Å². The van der Waals surface area contributed by atoms with Crippen molar-refractivity contribution in [1.29, 1.82) is 0 Å². The van der Waals surface area contributed by atoms with Crippen molar-refractivity contribution in [3.8, 4) is 0 Å². The first-order chi connectivity index (χ1) is 14.0. The van der Waals surface area contributed by atoms with E-state index in [1.54, 1.807) is 0 Å². The van der Waals surface area contributed by atoms with Gasteiger partial charge in [0.25, 0.3) is 0 Å². The van der Waals surface area contributed by atoms with Gasteiger partial charge in [-0.1, -0.05) is 0 Å². The van der Waals surface area contributed by atoms with Crippen LogP contribution in [0.25, 0.3) is 0 Å². The fourth-order valence-corrected chi connectivity index (χ4v) is 4.92. The Balaban J connectivity index is 1.32. The Morgan fingerprint density at radius 1 is 0.793 bits per heavy atom. The zero-order valence-electron chi connectivity index (χ0n) is 16.2. The summed E-state index contributed by atoms with van der Waals surface area (Å²) in [6.07, 6.45) is 2.98. The lowest BCUT2D eigenvalue weighted by Gasteiger charge is -2.44. The SMILES string of the molecule is O=C1N(CC2CO2)C(=O)[N+](CC2CCC3OC3C2)(CC2CO2)C(=O)N1CC1CO1. The van der Waals surface area contributed by atoms with Crippen molar-refractivity contribution in [3.63, 3.8) is 0 Å². The first-order valence-corrected chi connectivity index (χ1v) is 10.6. The van der Waals surface area contributed by atoms with Gasteiger partial charge in [0.15, 0.2) is 0 Å². The van der Waals surface area contributed by atoms with Crippen molar-refractivity contribution in [2.75, 3.05) is 46.0 Å². The molecular formula is C19H26N3O7+. The quantitative estimate of drug-likeness (QED) is 0.426. The van der Waals surface area contributed by atoms with Gasteiger partial charge in [-0.15, -0.1) is 0 Å². The topological polar surface area (TPSA) is 108 Å². The zero-order valence-corrected chi connectivity index (χ0v) is 16.2. The number of amides is 6. The Bertz CT molecular complexity index is 712. The second-order valence-corrected chi connectivity index (χ2v) is 9.16. The third-order valence-corrected chi connectivity index (χ3v) is 6.83.